The van der Waals surface area contributed by atoms with Gasteiger partial charge < -0.3 is 4.74 Å². The predicted octanol–water partition coefficient (Wildman–Crippen LogP) is 3.02. The number of hydrogen-bond acceptors (Lipinski definition) is 3. The first-order chi connectivity index (χ1) is 9.40. The van der Waals surface area contributed by atoms with E-state index in [0.29, 0.717) is 0 Å². The van der Waals surface area contributed by atoms with Crippen molar-refractivity contribution in [1.29, 1.82) is 0 Å². The number of rotatable bonds is 1. The molecule has 1 unspecified atom stereocenters. The molecule has 0 saturated carbocycles. The molecule has 1 atom stereocenters. The van der Waals surface area contributed by atoms with Gasteiger partial charge in [-0.3, -0.25) is 0 Å². The van der Waals surface area contributed by atoms with Crippen molar-refractivity contribution in [2.75, 3.05) is 0 Å². The number of ether oxygens (including phenoxy) is 1. The van der Waals surface area contributed by atoms with Gasteiger partial charge in [-0.1, -0.05) is 24.3 Å². The highest BCUT2D eigenvalue weighted by Crippen LogP contribution is 2.35. The van der Waals surface area contributed by atoms with E-state index in [1.165, 1.54) is 5.56 Å². The summed E-state index contributed by atoms with van der Waals surface area (Å²) in [6.45, 7) is 0. The Balaban J connectivity index is 1.70. The number of nitrogens with zero attached hydrogens (tertiary/aromatic N) is 2. The monoisotopic (exact) mass is 251 g/mol. The Morgan fingerprint density at radius 3 is 2.95 bits per heavy atom. The van der Waals surface area contributed by atoms with Crippen LogP contribution in [0.5, 0.6) is 5.75 Å². The maximum Gasteiger partial charge on any atom is 0.124 e. The normalized spacial score (nSPS) is 18.0. The lowest BCUT2D eigenvalue weighted by molar-refractivity contribution is 0.177. The first-order valence-corrected chi connectivity index (χ1v) is 6.45. The van der Waals surface area contributed by atoms with Crippen LogP contribution in [-0.2, 0) is 6.42 Å². The number of H-pyrrole nitrogens is 1. The van der Waals surface area contributed by atoms with Crippen molar-refractivity contribution >= 4 is 11.0 Å². The fourth-order valence-corrected chi connectivity index (χ4v) is 2.62. The third-order valence-electron chi connectivity index (χ3n) is 3.63. The SMILES string of the molecule is c1ccc2c(c1)CCC(c1ccc3n[nH]nc3c1)O2. The minimum Gasteiger partial charge on any atom is -0.485 e. The molecular formula is C15H13N3O. The molecule has 0 bridgehead atoms. The number of nitrogens with one attached hydrogen (secondary N) is 1. The van der Waals surface area contributed by atoms with Gasteiger partial charge in [0.05, 0.1) is 0 Å². The highest BCUT2D eigenvalue weighted by Gasteiger charge is 2.21. The van der Waals surface area contributed by atoms with Gasteiger partial charge in [-0.05, 0) is 42.2 Å². The minimum absolute atomic E-state index is 0.107. The molecule has 4 rings (SSSR count). The van der Waals surface area contributed by atoms with Crippen molar-refractivity contribution in [3.63, 3.8) is 0 Å². The maximum atomic E-state index is 6.09. The van der Waals surface area contributed by atoms with Gasteiger partial charge >= 0.3 is 0 Å². The molecule has 94 valence electrons. The molecule has 0 radical (unpaired) electrons. The molecule has 2 aromatic carbocycles. The number of aromatic amines is 1. The summed E-state index contributed by atoms with van der Waals surface area (Å²) in [5.41, 5.74) is 4.23. The van der Waals surface area contributed by atoms with Crippen molar-refractivity contribution < 1.29 is 4.74 Å². The summed E-state index contributed by atoms with van der Waals surface area (Å²) in [6.07, 6.45) is 2.16. The second kappa shape index (κ2) is 4.09. The lowest BCUT2D eigenvalue weighted by atomic mass is 9.97. The minimum atomic E-state index is 0.107. The molecule has 1 aliphatic heterocycles. The maximum absolute atomic E-state index is 6.09. The highest BCUT2D eigenvalue weighted by molar-refractivity contribution is 5.74. The number of para-hydroxylation sites is 1. The van der Waals surface area contributed by atoms with Gasteiger partial charge in [-0.25, -0.2) is 0 Å². The molecule has 4 nitrogen and oxygen atoms in total. The third kappa shape index (κ3) is 1.76. The summed E-state index contributed by atoms with van der Waals surface area (Å²) in [4.78, 5) is 0. The quantitative estimate of drug-likeness (QED) is 0.723. The largest absolute Gasteiger partial charge is 0.485 e. The third-order valence-corrected chi connectivity index (χ3v) is 3.63. The Kier molecular flexibility index (Phi) is 2.27. The number of benzene rings is 2. The van der Waals surface area contributed by atoms with Crippen LogP contribution < -0.4 is 4.74 Å². The molecule has 3 aromatic rings. The van der Waals surface area contributed by atoms with E-state index in [1.54, 1.807) is 0 Å². The van der Waals surface area contributed by atoms with Crippen LogP contribution in [0.3, 0.4) is 0 Å². The standard InChI is InChI=1S/C15H13N3O/c1-2-4-14-10(3-1)6-8-15(19-14)11-5-7-12-13(9-11)17-18-16-12/h1-5,7,9,15H,6,8H2,(H,16,17,18). The van der Waals surface area contributed by atoms with Crippen LogP contribution in [0.1, 0.15) is 23.7 Å². The van der Waals surface area contributed by atoms with E-state index >= 15 is 0 Å². The second-order valence-corrected chi connectivity index (χ2v) is 4.82. The number of aromatic nitrogens is 3. The lowest BCUT2D eigenvalue weighted by Gasteiger charge is -2.26. The number of aryl methyl sites for hydroxylation is 1. The fraction of sp³-hybridized carbons (Fsp3) is 0.200. The van der Waals surface area contributed by atoms with Crippen molar-refractivity contribution in [3.8, 4) is 5.75 Å². The van der Waals surface area contributed by atoms with E-state index in [0.717, 1.165) is 35.2 Å². The fourth-order valence-electron chi connectivity index (χ4n) is 2.62. The Hall–Kier alpha value is -2.36. The van der Waals surface area contributed by atoms with Gasteiger partial charge in [0.15, 0.2) is 0 Å². The Labute approximate surface area is 110 Å². The van der Waals surface area contributed by atoms with Gasteiger partial charge in [0.1, 0.15) is 22.9 Å². The van der Waals surface area contributed by atoms with E-state index in [-0.39, 0.29) is 6.10 Å². The van der Waals surface area contributed by atoms with Crippen LogP contribution in [0.4, 0.5) is 0 Å². The lowest BCUT2D eigenvalue weighted by Crippen LogP contribution is -2.14. The highest BCUT2D eigenvalue weighted by atomic mass is 16.5. The number of fused-ring (bicyclic) bond motifs is 2. The van der Waals surface area contributed by atoms with E-state index in [2.05, 4.69) is 39.7 Å². The summed E-state index contributed by atoms with van der Waals surface area (Å²) in [7, 11) is 0. The first-order valence-electron chi connectivity index (χ1n) is 6.45. The van der Waals surface area contributed by atoms with Gasteiger partial charge in [0.2, 0.25) is 0 Å². The molecule has 2 heterocycles. The van der Waals surface area contributed by atoms with Crippen LogP contribution >= 0.6 is 0 Å². The average Bonchev–Trinajstić information content (AvgIpc) is 2.94. The van der Waals surface area contributed by atoms with Gasteiger partial charge in [0.25, 0.3) is 0 Å². The molecule has 0 fully saturated rings. The molecule has 0 saturated heterocycles. The predicted molar refractivity (Wildman–Crippen MR) is 72.0 cm³/mol. The molecule has 19 heavy (non-hydrogen) atoms. The van der Waals surface area contributed by atoms with Crippen LogP contribution in [0.15, 0.2) is 42.5 Å². The first kappa shape index (κ1) is 10.6. The summed E-state index contributed by atoms with van der Waals surface area (Å²) >= 11 is 0. The average molecular weight is 251 g/mol. The summed E-state index contributed by atoms with van der Waals surface area (Å²) in [6, 6.07) is 14.4. The topological polar surface area (TPSA) is 50.8 Å². The second-order valence-electron chi connectivity index (χ2n) is 4.82. The summed E-state index contributed by atoms with van der Waals surface area (Å²) in [5.74, 6) is 0.999. The molecule has 1 aromatic heterocycles. The zero-order valence-corrected chi connectivity index (χ0v) is 10.3. The summed E-state index contributed by atoms with van der Waals surface area (Å²) in [5, 5.41) is 10.8. The van der Waals surface area contributed by atoms with Gasteiger partial charge in [0, 0.05) is 0 Å². The van der Waals surface area contributed by atoms with Crippen LogP contribution in [0, 0.1) is 0 Å². The molecule has 1 aliphatic rings. The molecule has 1 N–H and O–H groups in total. The Morgan fingerprint density at radius 1 is 1.05 bits per heavy atom. The smallest absolute Gasteiger partial charge is 0.124 e. The van der Waals surface area contributed by atoms with E-state index in [9.17, 15) is 0 Å². The van der Waals surface area contributed by atoms with E-state index < -0.39 is 0 Å². The van der Waals surface area contributed by atoms with Crippen molar-refractivity contribution in [2.24, 2.45) is 0 Å². The zero-order chi connectivity index (χ0) is 12.7. The van der Waals surface area contributed by atoms with Crippen molar-refractivity contribution in [3.05, 3.63) is 53.6 Å². The molecule has 0 aliphatic carbocycles. The van der Waals surface area contributed by atoms with Gasteiger partial charge in [-0.2, -0.15) is 15.4 Å². The van der Waals surface area contributed by atoms with E-state index in [4.69, 9.17) is 4.74 Å². The Bertz CT molecular complexity index is 735. The van der Waals surface area contributed by atoms with Crippen LogP contribution in [0.2, 0.25) is 0 Å². The molecule has 0 amide bonds. The molecule has 0 spiro atoms. The number of hydrogen-bond donors (Lipinski definition) is 1. The molecule has 4 heteroatoms. The van der Waals surface area contributed by atoms with E-state index in [1.807, 2.05) is 18.2 Å². The van der Waals surface area contributed by atoms with Gasteiger partial charge in [-0.15, -0.1) is 0 Å². The van der Waals surface area contributed by atoms with Crippen LogP contribution in [0.25, 0.3) is 11.0 Å². The van der Waals surface area contributed by atoms with Crippen molar-refractivity contribution in [1.82, 2.24) is 15.4 Å². The van der Waals surface area contributed by atoms with Crippen molar-refractivity contribution in [2.45, 2.75) is 18.9 Å². The summed E-state index contributed by atoms with van der Waals surface area (Å²) < 4.78 is 6.09. The zero-order valence-electron chi connectivity index (χ0n) is 10.3. The van der Waals surface area contributed by atoms with Crippen LogP contribution in [-0.4, -0.2) is 15.4 Å². The molecular weight excluding hydrogens is 238 g/mol. The Morgan fingerprint density at radius 2 is 1.95 bits per heavy atom.